The van der Waals surface area contributed by atoms with Crippen LogP contribution < -0.4 is 10.1 Å². The van der Waals surface area contributed by atoms with Gasteiger partial charge in [0, 0.05) is 19.8 Å². The van der Waals surface area contributed by atoms with E-state index in [1.807, 2.05) is 31.2 Å². The van der Waals surface area contributed by atoms with Gasteiger partial charge in [0.1, 0.15) is 5.75 Å². The second kappa shape index (κ2) is 8.79. The zero-order valence-corrected chi connectivity index (χ0v) is 14.4. The molecule has 0 aliphatic heterocycles. The first-order valence-electron chi connectivity index (χ1n) is 7.97. The maximum absolute atomic E-state index is 11.9. The topological polar surface area (TPSA) is 47.6 Å². The zero-order chi connectivity index (χ0) is 16.6. The van der Waals surface area contributed by atoms with Gasteiger partial charge in [-0.3, -0.25) is 4.79 Å². The number of carbonyl (C=O) groups is 1. The fourth-order valence-electron chi connectivity index (χ4n) is 1.97. The van der Waals surface area contributed by atoms with E-state index in [1.54, 1.807) is 6.92 Å². The minimum absolute atomic E-state index is 0.101. The first-order valence-corrected chi connectivity index (χ1v) is 7.97. The molecule has 1 amide bonds. The van der Waals surface area contributed by atoms with Crippen LogP contribution in [0.2, 0.25) is 0 Å². The number of hydrogen-bond donors (Lipinski definition) is 1. The zero-order valence-electron chi connectivity index (χ0n) is 14.4. The van der Waals surface area contributed by atoms with Crippen molar-refractivity contribution in [3.05, 3.63) is 29.8 Å². The van der Waals surface area contributed by atoms with E-state index in [2.05, 4.69) is 26.1 Å². The average molecular weight is 307 g/mol. The summed E-state index contributed by atoms with van der Waals surface area (Å²) in [6.07, 6.45) is 0.305. The highest BCUT2D eigenvalue weighted by molar-refractivity contribution is 5.80. The third-order valence-corrected chi connectivity index (χ3v) is 3.37. The minimum atomic E-state index is -0.507. The molecule has 0 bridgehead atoms. The first kappa shape index (κ1) is 18.5. The molecule has 1 aromatic carbocycles. The molecule has 0 heterocycles. The van der Waals surface area contributed by atoms with Crippen LogP contribution in [-0.4, -0.2) is 31.8 Å². The highest BCUT2D eigenvalue weighted by Crippen LogP contribution is 2.24. The number of ether oxygens (including phenoxy) is 2. The Bertz CT molecular complexity index is 448. The Hall–Kier alpha value is -1.55. The quantitative estimate of drug-likeness (QED) is 0.750. The molecule has 1 N–H and O–H groups in total. The van der Waals surface area contributed by atoms with Crippen molar-refractivity contribution < 1.29 is 14.3 Å². The van der Waals surface area contributed by atoms with Gasteiger partial charge in [-0.2, -0.15) is 0 Å². The molecule has 0 aliphatic carbocycles. The number of rotatable bonds is 8. The molecule has 124 valence electrons. The van der Waals surface area contributed by atoms with Gasteiger partial charge < -0.3 is 14.8 Å². The Labute approximate surface area is 134 Å². The van der Waals surface area contributed by atoms with Gasteiger partial charge in [0.05, 0.1) is 0 Å². The summed E-state index contributed by atoms with van der Waals surface area (Å²) >= 11 is 0. The van der Waals surface area contributed by atoms with Crippen molar-refractivity contribution >= 4 is 5.91 Å². The molecule has 4 nitrogen and oxygen atoms in total. The molecule has 1 aromatic rings. The fraction of sp³-hybridized carbons (Fsp3) is 0.611. The van der Waals surface area contributed by atoms with Crippen molar-refractivity contribution in [3.8, 4) is 5.75 Å². The van der Waals surface area contributed by atoms with Gasteiger partial charge in [0.25, 0.3) is 5.91 Å². The molecule has 0 fully saturated rings. The number of benzene rings is 1. The maximum Gasteiger partial charge on any atom is 0.260 e. The van der Waals surface area contributed by atoms with Gasteiger partial charge in [-0.15, -0.1) is 0 Å². The normalized spacial score (nSPS) is 12.8. The number of carbonyl (C=O) groups excluding carboxylic acids is 1. The smallest absolute Gasteiger partial charge is 0.260 e. The Morgan fingerprint density at radius 2 is 1.86 bits per heavy atom. The van der Waals surface area contributed by atoms with Crippen molar-refractivity contribution in [2.45, 2.75) is 52.6 Å². The predicted octanol–water partition coefficient (Wildman–Crippen LogP) is 3.29. The van der Waals surface area contributed by atoms with E-state index in [0.717, 1.165) is 6.42 Å². The fourth-order valence-corrected chi connectivity index (χ4v) is 1.97. The number of amides is 1. The largest absolute Gasteiger partial charge is 0.481 e. The standard InChI is InChI=1S/C18H29NO3/c1-6-21-13-7-12-19-17(20)14(2)22-16-10-8-15(9-11-16)18(3,4)5/h8-11,14H,6-7,12-13H2,1-5H3,(H,19,20)/t14-/m1/s1. The van der Waals surface area contributed by atoms with Gasteiger partial charge in [-0.1, -0.05) is 32.9 Å². The molecule has 1 atom stereocenters. The third kappa shape index (κ3) is 6.48. The molecule has 4 heteroatoms. The second-order valence-corrected chi connectivity index (χ2v) is 6.38. The molecule has 1 rings (SSSR count). The van der Waals surface area contributed by atoms with E-state index < -0.39 is 6.10 Å². The molecule has 0 saturated carbocycles. The molecular formula is C18H29NO3. The molecule has 0 saturated heterocycles. The predicted molar refractivity (Wildman–Crippen MR) is 89.4 cm³/mol. The molecule has 0 aliphatic rings. The van der Waals surface area contributed by atoms with E-state index in [9.17, 15) is 4.79 Å². The van der Waals surface area contributed by atoms with Crippen LogP contribution in [0.25, 0.3) is 0 Å². The summed E-state index contributed by atoms with van der Waals surface area (Å²) in [5, 5.41) is 2.85. The van der Waals surface area contributed by atoms with E-state index in [4.69, 9.17) is 9.47 Å². The molecular weight excluding hydrogens is 278 g/mol. The highest BCUT2D eigenvalue weighted by Gasteiger charge is 2.16. The van der Waals surface area contributed by atoms with Crippen LogP contribution in [0.1, 0.15) is 46.6 Å². The summed E-state index contributed by atoms with van der Waals surface area (Å²) in [5.41, 5.74) is 1.36. The van der Waals surface area contributed by atoms with Crippen LogP contribution in [0.5, 0.6) is 5.75 Å². The van der Waals surface area contributed by atoms with Crippen molar-refractivity contribution in [2.75, 3.05) is 19.8 Å². The van der Waals surface area contributed by atoms with Crippen LogP contribution in [0.3, 0.4) is 0 Å². The summed E-state index contributed by atoms with van der Waals surface area (Å²) in [4.78, 5) is 11.9. The Kier molecular flexibility index (Phi) is 7.39. The average Bonchev–Trinajstić information content (AvgIpc) is 2.46. The lowest BCUT2D eigenvalue weighted by Gasteiger charge is -2.20. The molecule has 0 spiro atoms. The maximum atomic E-state index is 11.9. The lowest BCUT2D eigenvalue weighted by Crippen LogP contribution is -2.37. The van der Waals surface area contributed by atoms with Crippen molar-refractivity contribution in [2.24, 2.45) is 0 Å². The van der Waals surface area contributed by atoms with Crippen molar-refractivity contribution in [1.82, 2.24) is 5.32 Å². The Morgan fingerprint density at radius 3 is 2.41 bits per heavy atom. The number of nitrogens with one attached hydrogen (secondary N) is 1. The highest BCUT2D eigenvalue weighted by atomic mass is 16.5. The molecule has 0 radical (unpaired) electrons. The van der Waals surface area contributed by atoms with Crippen LogP contribution in [0, 0.1) is 0 Å². The van der Waals surface area contributed by atoms with E-state index >= 15 is 0 Å². The van der Waals surface area contributed by atoms with Gasteiger partial charge in [0.15, 0.2) is 6.10 Å². The molecule has 0 aromatic heterocycles. The van der Waals surface area contributed by atoms with Gasteiger partial charge >= 0.3 is 0 Å². The minimum Gasteiger partial charge on any atom is -0.481 e. The Morgan fingerprint density at radius 1 is 1.23 bits per heavy atom. The van der Waals surface area contributed by atoms with Gasteiger partial charge in [0.2, 0.25) is 0 Å². The van der Waals surface area contributed by atoms with Crippen molar-refractivity contribution in [1.29, 1.82) is 0 Å². The van der Waals surface area contributed by atoms with Crippen LogP contribution >= 0.6 is 0 Å². The third-order valence-electron chi connectivity index (χ3n) is 3.37. The lowest BCUT2D eigenvalue weighted by atomic mass is 9.87. The summed E-state index contributed by atoms with van der Waals surface area (Å²) < 4.78 is 10.9. The van der Waals surface area contributed by atoms with E-state index in [0.29, 0.717) is 25.5 Å². The SMILES string of the molecule is CCOCCCNC(=O)[C@@H](C)Oc1ccc(C(C)(C)C)cc1. The first-order chi connectivity index (χ1) is 10.3. The number of hydrogen-bond acceptors (Lipinski definition) is 3. The molecule has 0 unspecified atom stereocenters. The van der Waals surface area contributed by atoms with E-state index in [1.165, 1.54) is 5.56 Å². The van der Waals surface area contributed by atoms with Crippen molar-refractivity contribution in [3.63, 3.8) is 0 Å². The lowest BCUT2D eigenvalue weighted by molar-refractivity contribution is -0.127. The Balaban J connectivity index is 2.40. The summed E-state index contributed by atoms with van der Waals surface area (Å²) in [5.74, 6) is 0.612. The van der Waals surface area contributed by atoms with E-state index in [-0.39, 0.29) is 11.3 Å². The summed E-state index contributed by atoms with van der Waals surface area (Å²) in [6.45, 7) is 12.2. The van der Waals surface area contributed by atoms with Crippen LogP contribution in [0.15, 0.2) is 24.3 Å². The van der Waals surface area contributed by atoms with Gasteiger partial charge in [-0.25, -0.2) is 0 Å². The van der Waals surface area contributed by atoms with Crippen LogP contribution in [-0.2, 0) is 14.9 Å². The van der Waals surface area contributed by atoms with Gasteiger partial charge in [-0.05, 0) is 43.4 Å². The van der Waals surface area contributed by atoms with Crippen LogP contribution in [0.4, 0.5) is 0 Å². The summed E-state index contributed by atoms with van der Waals surface area (Å²) in [7, 11) is 0. The summed E-state index contributed by atoms with van der Waals surface area (Å²) in [6, 6.07) is 7.92. The molecule has 22 heavy (non-hydrogen) atoms. The second-order valence-electron chi connectivity index (χ2n) is 6.38. The monoisotopic (exact) mass is 307 g/mol.